The number of unbranched alkanes of at least 4 members (excludes halogenated alkanes) is 2. The van der Waals surface area contributed by atoms with Crippen molar-refractivity contribution in [2.75, 3.05) is 14.2 Å². The highest BCUT2D eigenvalue weighted by molar-refractivity contribution is 6.37. The van der Waals surface area contributed by atoms with E-state index in [0.29, 0.717) is 0 Å². The molecule has 0 fully saturated rings. The smallest absolute Gasteiger partial charge is 0.144 e. The summed E-state index contributed by atoms with van der Waals surface area (Å²) in [6, 6.07) is 0. The molecule has 0 N–H and O–H groups in total. The van der Waals surface area contributed by atoms with Crippen molar-refractivity contribution < 1.29 is 9.47 Å². The van der Waals surface area contributed by atoms with Crippen LogP contribution in [0.3, 0.4) is 0 Å². The second-order valence-electron chi connectivity index (χ2n) is 3.13. The first-order valence-electron chi connectivity index (χ1n) is 4.85. The summed E-state index contributed by atoms with van der Waals surface area (Å²) in [5.41, 5.74) is -0.185. The van der Waals surface area contributed by atoms with Gasteiger partial charge >= 0.3 is 0 Å². The minimum absolute atomic E-state index is 0.185. The Balaban J connectivity index is 3.76. The summed E-state index contributed by atoms with van der Waals surface area (Å²) in [5.74, 6) is 0. The fourth-order valence-electron chi connectivity index (χ4n) is 1.40. The molecule has 0 saturated carbocycles. The molecule has 2 nitrogen and oxygen atoms in total. The predicted octanol–water partition coefficient (Wildman–Crippen LogP) is 1.73. The number of hydrogen-bond donors (Lipinski definition) is 0. The molecule has 0 radical (unpaired) electrons. The third-order valence-electron chi connectivity index (χ3n) is 2.44. The van der Waals surface area contributed by atoms with Gasteiger partial charge in [0, 0.05) is 14.2 Å². The van der Waals surface area contributed by atoms with Gasteiger partial charge in [0.05, 0.1) is 9.52 Å². The maximum absolute atomic E-state index is 5.42. The Kier molecular flexibility index (Phi) is 6.71. The van der Waals surface area contributed by atoms with Crippen LogP contribution in [-0.2, 0) is 9.47 Å². The van der Waals surface area contributed by atoms with Crippen LogP contribution in [0.2, 0.25) is 6.55 Å². The SMILES string of the molecule is CCCCCC(OC)(OC)[SiH2]C. The molecule has 12 heavy (non-hydrogen) atoms. The molecule has 0 aromatic carbocycles. The fraction of sp³-hybridized carbons (Fsp3) is 1.00. The number of methoxy groups -OCH3 is 2. The van der Waals surface area contributed by atoms with Crippen LogP contribution in [0.1, 0.15) is 32.6 Å². The highest BCUT2D eigenvalue weighted by Crippen LogP contribution is 2.18. The Hall–Kier alpha value is 0.137. The van der Waals surface area contributed by atoms with Gasteiger partial charge in [-0.15, -0.1) is 0 Å². The van der Waals surface area contributed by atoms with Crippen LogP contribution in [-0.4, -0.2) is 29.1 Å². The largest absolute Gasteiger partial charge is 0.358 e. The molecule has 0 rings (SSSR count). The van der Waals surface area contributed by atoms with Gasteiger partial charge in [-0.1, -0.05) is 26.3 Å². The topological polar surface area (TPSA) is 18.5 Å². The monoisotopic (exact) mass is 190 g/mol. The Morgan fingerprint density at radius 2 is 1.75 bits per heavy atom. The van der Waals surface area contributed by atoms with Crippen molar-refractivity contribution in [2.45, 2.75) is 44.6 Å². The van der Waals surface area contributed by atoms with Crippen LogP contribution in [0.5, 0.6) is 0 Å². The molecule has 0 amide bonds. The second-order valence-corrected chi connectivity index (χ2v) is 4.91. The first-order valence-corrected chi connectivity index (χ1v) is 6.97. The van der Waals surface area contributed by atoms with Gasteiger partial charge in [-0.3, -0.25) is 0 Å². The van der Waals surface area contributed by atoms with E-state index >= 15 is 0 Å². The zero-order valence-electron chi connectivity index (χ0n) is 8.85. The molecule has 0 aromatic heterocycles. The van der Waals surface area contributed by atoms with Crippen LogP contribution < -0.4 is 0 Å². The predicted molar refractivity (Wildman–Crippen MR) is 55.3 cm³/mol. The van der Waals surface area contributed by atoms with Crippen LogP contribution in [0.15, 0.2) is 0 Å². The number of rotatable bonds is 7. The zero-order valence-corrected chi connectivity index (χ0v) is 10.3. The Morgan fingerprint density at radius 3 is 2.08 bits per heavy atom. The van der Waals surface area contributed by atoms with E-state index in [1.807, 2.05) is 0 Å². The molecule has 0 atom stereocenters. The average molecular weight is 190 g/mol. The molecule has 0 heterocycles. The Labute approximate surface area is 78.5 Å². The molecule has 0 aliphatic rings. The van der Waals surface area contributed by atoms with Gasteiger partial charge in [-0.25, -0.2) is 0 Å². The normalized spacial score (nSPS) is 13.0. The third kappa shape index (κ3) is 3.69. The van der Waals surface area contributed by atoms with E-state index in [4.69, 9.17) is 9.47 Å². The zero-order chi connectivity index (χ0) is 9.45. The fourth-order valence-corrected chi connectivity index (χ4v) is 2.58. The van der Waals surface area contributed by atoms with E-state index in [1.54, 1.807) is 14.2 Å². The molecular weight excluding hydrogens is 168 g/mol. The lowest BCUT2D eigenvalue weighted by molar-refractivity contribution is -0.149. The number of hydrogen-bond acceptors (Lipinski definition) is 2. The Bertz CT molecular complexity index is 94.4. The quantitative estimate of drug-likeness (QED) is 0.346. The highest BCUT2D eigenvalue weighted by atomic mass is 28.2. The summed E-state index contributed by atoms with van der Waals surface area (Å²) in [6.45, 7) is 4.45. The van der Waals surface area contributed by atoms with Gasteiger partial charge in [-0.2, -0.15) is 0 Å². The van der Waals surface area contributed by atoms with E-state index in [-0.39, 0.29) is 14.9 Å². The maximum Gasteiger partial charge on any atom is 0.144 e. The maximum atomic E-state index is 5.42. The molecular formula is C9H22O2Si. The van der Waals surface area contributed by atoms with Crippen molar-refractivity contribution in [3.05, 3.63) is 0 Å². The molecule has 0 aromatic rings. The minimum atomic E-state index is -0.251. The van der Waals surface area contributed by atoms with Crippen LogP contribution in [0.25, 0.3) is 0 Å². The second kappa shape index (κ2) is 6.63. The summed E-state index contributed by atoms with van der Waals surface area (Å²) in [4.78, 5) is 0. The van der Waals surface area contributed by atoms with Crippen molar-refractivity contribution in [3.63, 3.8) is 0 Å². The Morgan fingerprint density at radius 1 is 1.17 bits per heavy atom. The first kappa shape index (κ1) is 12.1. The molecule has 0 aliphatic heterocycles. The van der Waals surface area contributed by atoms with Gasteiger partial charge in [0.15, 0.2) is 0 Å². The third-order valence-corrected chi connectivity index (χ3v) is 4.45. The molecule has 3 heteroatoms. The molecule has 0 spiro atoms. The van der Waals surface area contributed by atoms with Gasteiger partial charge < -0.3 is 9.47 Å². The van der Waals surface area contributed by atoms with Crippen molar-refractivity contribution in [3.8, 4) is 0 Å². The van der Waals surface area contributed by atoms with Crippen LogP contribution >= 0.6 is 0 Å². The first-order chi connectivity index (χ1) is 5.74. The standard InChI is InChI=1S/C9H22O2Si/c1-5-6-7-8-9(10-2,11-3)12-4/h5-8,12H2,1-4H3. The average Bonchev–Trinajstić information content (AvgIpc) is 2.14. The lowest BCUT2D eigenvalue weighted by atomic mass is 10.2. The molecule has 0 saturated heterocycles. The van der Waals surface area contributed by atoms with Crippen molar-refractivity contribution in [1.29, 1.82) is 0 Å². The van der Waals surface area contributed by atoms with Gasteiger partial charge in [0.2, 0.25) is 0 Å². The van der Waals surface area contributed by atoms with Crippen LogP contribution in [0.4, 0.5) is 0 Å². The summed E-state index contributed by atoms with van der Waals surface area (Å²) in [5, 5.41) is 0. The summed E-state index contributed by atoms with van der Waals surface area (Å²) in [7, 11) is 3.26. The van der Waals surface area contributed by atoms with Gasteiger partial charge in [-0.05, 0) is 12.8 Å². The molecule has 74 valence electrons. The van der Waals surface area contributed by atoms with E-state index in [1.165, 1.54) is 19.3 Å². The summed E-state index contributed by atoms with van der Waals surface area (Å²) in [6.07, 6.45) is 4.83. The van der Waals surface area contributed by atoms with E-state index in [0.717, 1.165) is 6.42 Å². The van der Waals surface area contributed by atoms with Crippen LogP contribution in [0, 0.1) is 0 Å². The minimum Gasteiger partial charge on any atom is -0.358 e. The summed E-state index contributed by atoms with van der Waals surface area (Å²) < 4.78 is 10.8. The molecule has 0 aliphatic carbocycles. The molecule has 0 unspecified atom stereocenters. The lowest BCUT2D eigenvalue weighted by Crippen LogP contribution is -2.39. The van der Waals surface area contributed by atoms with Gasteiger partial charge in [0.1, 0.15) is 5.41 Å². The van der Waals surface area contributed by atoms with Crippen molar-refractivity contribution >= 4 is 9.52 Å². The van der Waals surface area contributed by atoms with Crippen molar-refractivity contribution in [2.24, 2.45) is 0 Å². The van der Waals surface area contributed by atoms with E-state index in [2.05, 4.69) is 13.5 Å². The van der Waals surface area contributed by atoms with Crippen molar-refractivity contribution in [1.82, 2.24) is 0 Å². The van der Waals surface area contributed by atoms with E-state index < -0.39 is 0 Å². The lowest BCUT2D eigenvalue weighted by Gasteiger charge is -2.29. The number of ether oxygens (including phenoxy) is 2. The van der Waals surface area contributed by atoms with E-state index in [9.17, 15) is 0 Å². The summed E-state index contributed by atoms with van der Waals surface area (Å²) >= 11 is 0. The molecule has 0 bridgehead atoms. The highest BCUT2D eigenvalue weighted by Gasteiger charge is 2.25. The van der Waals surface area contributed by atoms with Gasteiger partial charge in [0.25, 0.3) is 0 Å².